The molecule has 0 saturated carbocycles. The van der Waals surface area contributed by atoms with Crippen molar-refractivity contribution in [2.75, 3.05) is 11.9 Å². The molecule has 0 saturated heterocycles. The van der Waals surface area contributed by atoms with E-state index in [-0.39, 0.29) is 0 Å². The number of hydrogen-bond donors (Lipinski definition) is 0. The van der Waals surface area contributed by atoms with Crippen molar-refractivity contribution in [3.8, 4) is 11.3 Å². The average molecular weight is 397 g/mol. The van der Waals surface area contributed by atoms with Crippen LogP contribution < -0.4 is 10.5 Å². The van der Waals surface area contributed by atoms with Crippen molar-refractivity contribution in [2.45, 2.75) is 13.8 Å². The van der Waals surface area contributed by atoms with Gasteiger partial charge in [0.05, 0.1) is 16.3 Å². The van der Waals surface area contributed by atoms with Gasteiger partial charge in [-0.15, -0.1) is 11.3 Å². The van der Waals surface area contributed by atoms with Crippen LogP contribution in [0.1, 0.15) is 11.1 Å². The van der Waals surface area contributed by atoms with Crippen LogP contribution in [0.3, 0.4) is 0 Å². The number of aromatic nitrogens is 1. The van der Waals surface area contributed by atoms with Crippen LogP contribution in [0.2, 0.25) is 5.02 Å². The van der Waals surface area contributed by atoms with E-state index in [1.165, 1.54) is 22.5 Å². The first-order valence-corrected chi connectivity index (χ1v) is 9.68. The first-order chi connectivity index (χ1) is 12.9. The fourth-order valence-electron chi connectivity index (χ4n) is 3.08. The topological polar surface area (TPSA) is 46.3 Å². The number of benzene rings is 2. The Morgan fingerprint density at radius 2 is 1.85 bits per heavy atom. The maximum Gasteiger partial charge on any atom is 0.345 e. The highest BCUT2D eigenvalue weighted by Gasteiger charge is 2.15. The number of hydrogen-bond acceptors (Lipinski definition) is 5. The van der Waals surface area contributed by atoms with Crippen LogP contribution in [0.4, 0.5) is 10.8 Å². The van der Waals surface area contributed by atoms with E-state index in [1.807, 2.05) is 29.5 Å². The zero-order valence-corrected chi connectivity index (χ0v) is 16.7. The summed E-state index contributed by atoms with van der Waals surface area (Å²) in [6.45, 7) is 4.14. The lowest BCUT2D eigenvalue weighted by molar-refractivity contribution is 0.563. The van der Waals surface area contributed by atoms with Crippen molar-refractivity contribution in [1.29, 1.82) is 0 Å². The van der Waals surface area contributed by atoms with Crippen LogP contribution in [0.25, 0.3) is 22.2 Å². The smallest absolute Gasteiger partial charge is 0.345 e. The van der Waals surface area contributed by atoms with Crippen molar-refractivity contribution in [2.24, 2.45) is 0 Å². The van der Waals surface area contributed by atoms with Crippen LogP contribution >= 0.6 is 22.9 Å². The highest BCUT2D eigenvalue weighted by molar-refractivity contribution is 7.14. The molecule has 0 N–H and O–H groups in total. The Kier molecular flexibility index (Phi) is 4.50. The summed E-state index contributed by atoms with van der Waals surface area (Å²) in [4.78, 5) is 19.1. The number of fused-ring (bicyclic) bond motifs is 1. The molecule has 0 spiro atoms. The van der Waals surface area contributed by atoms with E-state index in [0.29, 0.717) is 21.9 Å². The Balaban J connectivity index is 1.75. The monoisotopic (exact) mass is 396 g/mol. The van der Waals surface area contributed by atoms with E-state index in [9.17, 15) is 4.79 Å². The van der Waals surface area contributed by atoms with E-state index < -0.39 is 5.63 Å². The van der Waals surface area contributed by atoms with Crippen molar-refractivity contribution in [3.05, 3.63) is 74.4 Å². The summed E-state index contributed by atoms with van der Waals surface area (Å²) in [5, 5.41) is 3.87. The Labute approximate surface area is 165 Å². The molecule has 0 aliphatic carbocycles. The lowest BCUT2D eigenvalue weighted by Gasteiger charge is -2.17. The summed E-state index contributed by atoms with van der Waals surface area (Å²) in [5.41, 5.74) is 4.44. The van der Waals surface area contributed by atoms with Crippen molar-refractivity contribution < 1.29 is 4.42 Å². The number of rotatable bonds is 3. The molecule has 2 aromatic carbocycles. The molecule has 0 radical (unpaired) electrons. The largest absolute Gasteiger partial charge is 0.421 e. The lowest BCUT2D eigenvalue weighted by Crippen LogP contribution is -2.10. The minimum atomic E-state index is -0.443. The van der Waals surface area contributed by atoms with Gasteiger partial charge in [-0.25, -0.2) is 9.78 Å². The fourth-order valence-corrected chi connectivity index (χ4v) is 4.12. The van der Waals surface area contributed by atoms with Gasteiger partial charge in [-0.2, -0.15) is 0 Å². The van der Waals surface area contributed by atoms with Crippen molar-refractivity contribution in [1.82, 2.24) is 4.98 Å². The van der Waals surface area contributed by atoms with Gasteiger partial charge in [-0.05, 0) is 49.2 Å². The van der Waals surface area contributed by atoms with Crippen LogP contribution in [0.15, 0.2) is 57.1 Å². The maximum absolute atomic E-state index is 12.4. The molecule has 0 unspecified atom stereocenters. The summed E-state index contributed by atoms with van der Waals surface area (Å²) in [5.74, 6) is 0. The zero-order chi connectivity index (χ0) is 19.1. The van der Waals surface area contributed by atoms with Gasteiger partial charge < -0.3 is 9.32 Å². The normalized spacial score (nSPS) is 11.1. The number of nitrogens with zero attached hydrogens (tertiary/aromatic N) is 2. The standard InChI is InChI=1S/C21H17ClN2O2S/c1-12-7-13(2)9-15(8-12)24(3)21-23-18(11-27-21)16-10-14-5-4-6-17(22)19(14)26-20(16)25/h4-11H,1-3H3. The molecule has 0 bridgehead atoms. The molecule has 27 heavy (non-hydrogen) atoms. The molecule has 2 heterocycles. The molecule has 4 aromatic rings. The predicted molar refractivity (Wildman–Crippen MR) is 113 cm³/mol. The molecule has 4 nitrogen and oxygen atoms in total. The molecule has 4 rings (SSSR count). The van der Waals surface area contributed by atoms with E-state index in [0.717, 1.165) is 16.2 Å². The summed E-state index contributed by atoms with van der Waals surface area (Å²) in [7, 11) is 1.97. The second-order valence-electron chi connectivity index (χ2n) is 6.53. The zero-order valence-electron chi connectivity index (χ0n) is 15.1. The van der Waals surface area contributed by atoms with E-state index in [2.05, 4.69) is 37.0 Å². The van der Waals surface area contributed by atoms with Crippen molar-refractivity contribution >= 4 is 44.7 Å². The minimum absolute atomic E-state index is 0.399. The molecule has 0 amide bonds. The summed E-state index contributed by atoms with van der Waals surface area (Å²) >= 11 is 7.60. The quantitative estimate of drug-likeness (QED) is 0.401. The van der Waals surface area contributed by atoms with Gasteiger partial charge in [0.1, 0.15) is 0 Å². The number of para-hydroxylation sites is 1. The van der Waals surface area contributed by atoms with E-state index >= 15 is 0 Å². The molecule has 136 valence electrons. The third-order valence-corrected chi connectivity index (χ3v) is 5.58. The van der Waals surface area contributed by atoms with Crippen LogP contribution in [0, 0.1) is 13.8 Å². The molecule has 0 aliphatic heterocycles. The van der Waals surface area contributed by atoms with Gasteiger partial charge >= 0.3 is 5.63 Å². The first kappa shape index (κ1) is 17.8. The Morgan fingerprint density at radius 1 is 1.11 bits per heavy atom. The van der Waals surface area contributed by atoms with Gasteiger partial charge in [0.15, 0.2) is 10.7 Å². The molecule has 6 heteroatoms. The third kappa shape index (κ3) is 3.36. The Hall–Kier alpha value is -2.63. The van der Waals surface area contributed by atoms with E-state index in [4.69, 9.17) is 16.0 Å². The summed E-state index contributed by atoms with van der Waals surface area (Å²) in [6, 6.07) is 13.5. The fraction of sp³-hybridized carbons (Fsp3) is 0.143. The minimum Gasteiger partial charge on any atom is -0.421 e. The van der Waals surface area contributed by atoms with Crippen molar-refractivity contribution in [3.63, 3.8) is 0 Å². The SMILES string of the molecule is Cc1cc(C)cc(N(C)c2nc(-c3cc4cccc(Cl)c4oc3=O)cs2)c1. The van der Waals surface area contributed by atoms with E-state index in [1.54, 1.807) is 12.1 Å². The first-order valence-electron chi connectivity index (χ1n) is 8.42. The van der Waals surface area contributed by atoms with Gasteiger partial charge in [0, 0.05) is 23.5 Å². The molecular formula is C21H17ClN2O2S. The number of halogens is 1. The average Bonchev–Trinajstić information content (AvgIpc) is 3.10. The third-order valence-electron chi connectivity index (χ3n) is 4.36. The summed E-state index contributed by atoms with van der Waals surface area (Å²) < 4.78 is 5.43. The molecule has 2 aromatic heterocycles. The van der Waals surface area contributed by atoms with Gasteiger partial charge in [0.25, 0.3) is 0 Å². The second kappa shape index (κ2) is 6.83. The lowest BCUT2D eigenvalue weighted by atomic mass is 10.1. The predicted octanol–water partition coefficient (Wildman–Crippen LogP) is 5.95. The molecular weight excluding hydrogens is 380 g/mol. The van der Waals surface area contributed by atoms with Crippen LogP contribution in [-0.2, 0) is 0 Å². The molecule has 0 aliphatic rings. The molecule has 0 atom stereocenters. The van der Waals surface area contributed by atoms with Gasteiger partial charge in [-0.3, -0.25) is 0 Å². The van der Waals surface area contributed by atoms with Crippen LogP contribution in [-0.4, -0.2) is 12.0 Å². The number of thiazole rings is 1. The van der Waals surface area contributed by atoms with Gasteiger partial charge in [-0.1, -0.05) is 29.8 Å². The summed E-state index contributed by atoms with van der Waals surface area (Å²) in [6.07, 6.45) is 0. The number of anilines is 2. The number of aryl methyl sites for hydroxylation is 2. The molecule has 0 fully saturated rings. The van der Waals surface area contributed by atoms with Crippen LogP contribution in [0.5, 0.6) is 0 Å². The van der Waals surface area contributed by atoms with Gasteiger partial charge in [0.2, 0.25) is 0 Å². The highest BCUT2D eigenvalue weighted by atomic mass is 35.5. The highest BCUT2D eigenvalue weighted by Crippen LogP contribution is 2.32. The maximum atomic E-state index is 12.4. The Morgan fingerprint density at radius 3 is 2.59 bits per heavy atom. The second-order valence-corrected chi connectivity index (χ2v) is 7.77. The Bertz CT molecular complexity index is 1190.